The number of benzene rings is 4. The van der Waals surface area contributed by atoms with Gasteiger partial charge in [0.2, 0.25) is 0 Å². The van der Waals surface area contributed by atoms with Gasteiger partial charge in [0.15, 0.2) is 0 Å². The topological polar surface area (TPSA) is 122 Å². The number of hydrogen-bond acceptors (Lipinski definition) is 6. The highest BCUT2D eigenvalue weighted by molar-refractivity contribution is 5.96. The zero-order valence-corrected chi connectivity index (χ0v) is 22.0. The third-order valence-corrected chi connectivity index (χ3v) is 7.42. The summed E-state index contributed by atoms with van der Waals surface area (Å²) in [5.74, 6) is 1.19. The number of H-pyrrole nitrogens is 2. The summed E-state index contributed by atoms with van der Waals surface area (Å²) in [6.45, 7) is 0.618. The Morgan fingerprint density at radius 3 is 2.78 bits per heavy atom. The number of aromatic nitrogens is 4. The number of carbonyl (C=O) groups excluding carboxylic acids is 1. The number of aromatic hydroxyl groups is 1. The van der Waals surface area contributed by atoms with Crippen LogP contribution in [0.15, 0.2) is 89.7 Å². The summed E-state index contributed by atoms with van der Waals surface area (Å²) in [6.07, 6.45) is 1.12. The Kier molecular flexibility index (Phi) is 6.04. The standard InChI is InChI=1S/C32H26N4O5/c37-22-7-3-5-19(15-22)13-14-40-31(38)21-11-12-25-26(17-21)34-30(33-25)24-8-4-9-27-29(24)35-32(39)36(27)18-23-16-20-6-1-2-10-28(20)41-23/h1-12,15,17,23,37H,13-14,16,18H2,(H,33,34)(H,35,39). The van der Waals surface area contributed by atoms with Crippen LogP contribution in [-0.2, 0) is 24.1 Å². The minimum absolute atomic E-state index is 0.128. The fourth-order valence-electron chi connectivity index (χ4n) is 5.44. The molecular formula is C32H26N4O5. The molecule has 0 aliphatic carbocycles. The molecule has 0 fully saturated rings. The summed E-state index contributed by atoms with van der Waals surface area (Å²) in [5.41, 5.74) is 5.78. The van der Waals surface area contributed by atoms with E-state index < -0.39 is 5.97 Å². The predicted octanol–water partition coefficient (Wildman–Crippen LogP) is 4.98. The van der Waals surface area contributed by atoms with Crippen LogP contribution in [0.25, 0.3) is 33.5 Å². The van der Waals surface area contributed by atoms with E-state index in [1.165, 1.54) is 0 Å². The zero-order chi connectivity index (χ0) is 27.9. The first kappa shape index (κ1) is 24.7. The molecule has 9 heteroatoms. The van der Waals surface area contributed by atoms with Crippen LogP contribution >= 0.6 is 0 Å². The van der Waals surface area contributed by atoms with E-state index in [-0.39, 0.29) is 24.2 Å². The van der Waals surface area contributed by atoms with Gasteiger partial charge in [0.1, 0.15) is 23.4 Å². The maximum absolute atomic E-state index is 13.0. The third-order valence-electron chi connectivity index (χ3n) is 7.42. The second kappa shape index (κ2) is 10.0. The fourth-order valence-corrected chi connectivity index (χ4v) is 5.44. The highest BCUT2D eigenvalue weighted by Crippen LogP contribution is 2.31. The van der Waals surface area contributed by atoms with Gasteiger partial charge in [-0.25, -0.2) is 14.6 Å². The number of hydrogen-bond donors (Lipinski definition) is 3. The minimum atomic E-state index is -0.442. The van der Waals surface area contributed by atoms with Crippen molar-refractivity contribution >= 4 is 28.0 Å². The number of para-hydroxylation sites is 2. The molecule has 0 radical (unpaired) electrons. The largest absolute Gasteiger partial charge is 0.508 e. The molecule has 204 valence electrons. The molecule has 1 aliphatic heterocycles. The van der Waals surface area contributed by atoms with E-state index in [0.717, 1.165) is 34.4 Å². The van der Waals surface area contributed by atoms with Crippen molar-refractivity contribution in [2.45, 2.75) is 25.5 Å². The van der Waals surface area contributed by atoms with Crippen molar-refractivity contribution in [3.63, 3.8) is 0 Å². The smallest absolute Gasteiger partial charge is 0.338 e. The van der Waals surface area contributed by atoms with Crippen LogP contribution < -0.4 is 10.4 Å². The first-order chi connectivity index (χ1) is 20.0. The molecule has 4 aromatic carbocycles. The highest BCUT2D eigenvalue weighted by atomic mass is 16.5. The van der Waals surface area contributed by atoms with Gasteiger partial charge >= 0.3 is 11.7 Å². The van der Waals surface area contributed by atoms with Crippen LogP contribution in [-0.4, -0.2) is 43.3 Å². The molecular weight excluding hydrogens is 520 g/mol. The molecule has 0 spiro atoms. The van der Waals surface area contributed by atoms with Gasteiger partial charge in [-0.2, -0.15) is 0 Å². The van der Waals surface area contributed by atoms with E-state index in [1.54, 1.807) is 41.0 Å². The number of phenols is 1. The molecule has 7 rings (SSSR count). The number of esters is 1. The van der Waals surface area contributed by atoms with Crippen LogP contribution in [0.5, 0.6) is 11.5 Å². The van der Waals surface area contributed by atoms with Crippen LogP contribution in [0.3, 0.4) is 0 Å². The Hall–Kier alpha value is -5.31. The van der Waals surface area contributed by atoms with E-state index in [0.29, 0.717) is 40.9 Å². The molecule has 3 heterocycles. The summed E-state index contributed by atoms with van der Waals surface area (Å²) in [7, 11) is 0. The lowest BCUT2D eigenvalue weighted by atomic mass is 10.1. The summed E-state index contributed by atoms with van der Waals surface area (Å²) in [5, 5.41) is 9.61. The average molecular weight is 547 g/mol. The van der Waals surface area contributed by atoms with Crippen molar-refractivity contribution in [2.24, 2.45) is 0 Å². The first-order valence-corrected chi connectivity index (χ1v) is 13.4. The van der Waals surface area contributed by atoms with Gasteiger partial charge in [-0.3, -0.25) is 4.57 Å². The van der Waals surface area contributed by atoms with Crippen molar-refractivity contribution in [1.29, 1.82) is 0 Å². The quantitative estimate of drug-likeness (QED) is 0.243. The molecule has 0 saturated heterocycles. The number of rotatable bonds is 7. The summed E-state index contributed by atoms with van der Waals surface area (Å²) >= 11 is 0. The number of ether oxygens (including phenoxy) is 2. The van der Waals surface area contributed by atoms with Gasteiger partial charge in [-0.1, -0.05) is 36.4 Å². The second-order valence-electron chi connectivity index (χ2n) is 10.2. The Labute approximate surface area is 234 Å². The lowest BCUT2D eigenvalue weighted by Gasteiger charge is -2.11. The van der Waals surface area contributed by atoms with Gasteiger partial charge in [0.25, 0.3) is 0 Å². The van der Waals surface area contributed by atoms with Gasteiger partial charge in [-0.05, 0) is 59.7 Å². The van der Waals surface area contributed by atoms with Crippen molar-refractivity contribution in [2.75, 3.05) is 6.61 Å². The lowest BCUT2D eigenvalue weighted by Crippen LogP contribution is -2.27. The van der Waals surface area contributed by atoms with Crippen molar-refractivity contribution in [3.8, 4) is 22.9 Å². The SMILES string of the molecule is O=C(OCCc1cccc(O)c1)c1ccc2nc(-c3cccc4c3[nH]c(=O)n4CC3Cc4ccccc4O3)[nH]c2c1. The summed E-state index contributed by atoms with van der Waals surface area (Å²) in [4.78, 5) is 36.7. The normalized spacial score (nSPS) is 14.3. The number of nitrogens with zero attached hydrogens (tertiary/aromatic N) is 2. The van der Waals surface area contributed by atoms with E-state index >= 15 is 0 Å². The van der Waals surface area contributed by atoms with Crippen molar-refractivity contribution < 1.29 is 19.4 Å². The van der Waals surface area contributed by atoms with Gasteiger partial charge < -0.3 is 24.5 Å². The van der Waals surface area contributed by atoms with E-state index in [9.17, 15) is 14.7 Å². The van der Waals surface area contributed by atoms with Crippen molar-refractivity contribution in [1.82, 2.24) is 19.5 Å². The predicted molar refractivity (Wildman–Crippen MR) is 154 cm³/mol. The molecule has 0 saturated carbocycles. The number of fused-ring (bicyclic) bond motifs is 3. The zero-order valence-electron chi connectivity index (χ0n) is 22.0. The van der Waals surface area contributed by atoms with Gasteiger partial charge in [-0.15, -0.1) is 0 Å². The first-order valence-electron chi connectivity index (χ1n) is 13.4. The molecule has 0 bridgehead atoms. The summed E-state index contributed by atoms with van der Waals surface area (Å²) < 4.78 is 13.2. The molecule has 1 atom stereocenters. The highest BCUT2D eigenvalue weighted by Gasteiger charge is 2.25. The van der Waals surface area contributed by atoms with Crippen molar-refractivity contribution in [3.05, 3.63) is 112 Å². The Morgan fingerprint density at radius 2 is 1.90 bits per heavy atom. The van der Waals surface area contributed by atoms with Crippen LogP contribution in [0.2, 0.25) is 0 Å². The molecule has 1 unspecified atom stereocenters. The molecule has 41 heavy (non-hydrogen) atoms. The number of imidazole rings is 2. The number of aromatic amines is 2. The second-order valence-corrected chi connectivity index (χ2v) is 10.2. The molecule has 3 N–H and O–H groups in total. The lowest BCUT2D eigenvalue weighted by molar-refractivity contribution is 0.0509. The molecule has 6 aromatic rings. The average Bonchev–Trinajstić information content (AvgIpc) is 3.67. The number of nitrogens with one attached hydrogen (secondary N) is 2. The monoisotopic (exact) mass is 546 g/mol. The van der Waals surface area contributed by atoms with Crippen LogP contribution in [0, 0.1) is 0 Å². The van der Waals surface area contributed by atoms with Gasteiger partial charge in [0, 0.05) is 18.4 Å². The molecule has 9 nitrogen and oxygen atoms in total. The van der Waals surface area contributed by atoms with E-state index in [2.05, 4.69) is 16.0 Å². The Bertz CT molecular complexity index is 1960. The maximum atomic E-state index is 13.0. The van der Waals surface area contributed by atoms with Gasteiger partial charge in [0.05, 0.1) is 40.8 Å². The number of carbonyl (C=O) groups is 1. The third kappa shape index (κ3) is 4.71. The molecule has 2 aromatic heterocycles. The number of phenolic OH excluding ortho intramolecular Hbond substituents is 1. The molecule has 1 aliphatic rings. The maximum Gasteiger partial charge on any atom is 0.338 e. The van der Waals surface area contributed by atoms with Crippen LogP contribution in [0.1, 0.15) is 21.5 Å². The minimum Gasteiger partial charge on any atom is -0.508 e. The molecule has 0 amide bonds. The fraction of sp³-hybridized carbons (Fsp3) is 0.156. The summed E-state index contributed by atoms with van der Waals surface area (Å²) in [6, 6.07) is 25.7. The van der Waals surface area contributed by atoms with E-state index in [1.807, 2.05) is 42.5 Å². The van der Waals surface area contributed by atoms with E-state index in [4.69, 9.17) is 14.5 Å². The Morgan fingerprint density at radius 1 is 1.02 bits per heavy atom. The van der Waals surface area contributed by atoms with Crippen LogP contribution in [0.4, 0.5) is 0 Å². The Balaban J connectivity index is 1.11.